The van der Waals surface area contributed by atoms with E-state index in [1.54, 1.807) is 13.2 Å². The lowest BCUT2D eigenvalue weighted by Crippen LogP contribution is -2.10. The van der Waals surface area contributed by atoms with E-state index in [0.29, 0.717) is 0 Å². The third kappa shape index (κ3) is 8.86. The molecule has 0 unspecified atom stereocenters. The van der Waals surface area contributed by atoms with Crippen molar-refractivity contribution in [3.05, 3.63) is 24.5 Å². The quantitative estimate of drug-likeness (QED) is 0.374. The third-order valence-electron chi connectivity index (χ3n) is 1.23. The first-order chi connectivity index (χ1) is 5.93. The molecule has 0 aliphatic heterocycles. The number of rotatable bonds is 2. The van der Waals surface area contributed by atoms with E-state index >= 15 is 0 Å². The normalized spacial score (nSPS) is 11.0. The molecular weight excluding hydrogens is 164 g/mol. The molecule has 0 radical (unpaired) electrons. The highest BCUT2D eigenvalue weighted by atomic mass is 16.5. The van der Waals surface area contributed by atoms with Gasteiger partial charge in [0, 0.05) is 5.41 Å². The number of carbonyl (C=O) groups excluding carboxylic acids is 1. The largest absolute Gasteiger partial charge is 0.501 e. The van der Waals surface area contributed by atoms with E-state index in [-0.39, 0.29) is 5.41 Å². The van der Waals surface area contributed by atoms with Crippen LogP contribution in [0.4, 0.5) is 0 Å². The molecule has 2 nitrogen and oxygen atoms in total. The van der Waals surface area contributed by atoms with Crippen molar-refractivity contribution < 1.29 is 9.53 Å². The lowest BCUT2D eigenvalue weighted by Gasteiger charge is -2.20. The summed E-state index contributed by atoms with van der Waals surface area (Å²) in [5.74, 6) is 0.961. The van der Waals surface area contributed by atoms with E-state index < -0.39 is 0 Å². The highest BCUT2D eigenvalue weighted by Gasteiger charge is 2.16. The van der Waals surface area contributed by atoms with Crippen molar-refractivity contribution >= 4 is 6.29 Å². The average Bonchev–Trinajstić information content (AvgIpc) is 1.99. The van der Waals surface area contributed by atoms with Crippen molar-refractivity contribution in [2.75, 3.05) is 7.11 Å². The topological polar surface area (TPSA) is 26.3 Å². The number of hydrogen-bond donors (Lipinski definition) is 0. The van der Waals surface area contributed by atoms with Gasteiger partial charge in [0.25, 0.3) is 0 Å². The van der Waals surface area contributed by atoms with Crippen LogP contribution < -0.4 is 0 Å². The maximum absolute atomic E-state index is 8.81. The molecule has 0 bridgehead atoms. The molecule has 0 fully saturated rings. The second-order valence-electron chi connectivity index (χ2n) is 3.46. The van der Waals surface area contributed by atoms with Crippen LogP contribution in [-0.2, 0) is 9.53 Å². The lowest BCUT2D eigenvalue weighted by molar-refractivity contribution is -0.106. The summed E-state index contributed by atoms with van der Waals surface area (Å²) in [6.07, 6.45) is 4.38. The standard InChI is InChI=1S/C9H16O.C2H4O/c1-6-7-8(10-5)9(2,3)4;1-2-3/h6-7H,1H2,2-5H3;2H,1H3/b8-7-;. The van der Waals surface area contributed by atoms with Gasteiger partial charge in [-0.1, -0.05) is 33.4 Å². The summed E-state index contributed by atoms with van der Waals surface area (Å²) in [6, 6.07) is 0. The summed E-state index contributed by atoms with van der Waals surface area (Å²) >= 11 is 0. The van der Waals surface area contributed by atoms with E-state index in [2.05, 4.69) is 27.4 Å². The first-order valence-corrected chi connectivity index (χ1v) is 4.21. The molecule has 0 aliphatic rings. The highest BCUT2D eigenvalue weighted by Crippen LogP contribution is 2.24. The Balaban J connectivity index is 0. The van der Waals surface area contributed by atoms with E-state index in [9.17, 15) is 0 Å². The van der Waals surface area contributed by atoms with Gasteiger partial charge in [-0.2, -0.15) is 0 Å². The molecule has 0 saturated carbocycles. The smallest absolute Gasteiger partial charge is 0.116 e. The van der Waals surface area contributed by atoms with Crippen LogP contribution in [0.15, 0.2) is 24.5 Å². The number of allylic oxidation sites excluding steroid dienone is 3. The second kappa shape index (κ2) is 7.59. The summed E-state index contributed by atoms with van der Waals surface area (Å²) in [5.41, 5.74) is 0.0862. The fourth-order valence-electron chi connectivity index (χ4n) is 0.731. The van der Waals surface area contributed by atoms with Crippen molar-refractivity contribution in [2.45, 2.75) is 27.7 Å². The Labute approximate surface area is 81.3 Å². The molecule has 0 aromatic carbocycles. The number of aldehydes is 1. The van der Waals surface area contributed by atoms with Crippen molar-refractivity contribution in [1.29, 1.82) is 0 Å². The third-order valence-corrected chi connectivity index (χ3v) is 1.23. The van der Waals surface area contributed by atoms with Gasteiger partial charge in [-0.15, -0.1) is 0 Å². The number of hydrogen-bond acceptors (Lipinski definition) is 2. The van der Waals surface area contributed by atoms with Crippen LogP contribution in [0.2, 0.25) is 0 Å². The van der Waals surface area contributed by atoms with Crippen LogP contribution in [0.5, 0.6) is 0 Å². The SMILES string of the molecule is C=C/C=C(\OC)C(C)(C)C.CC=O. The monoisotopic (exact) mass is 184 g/mol. The van der Waals surface area contributed by atoms with Crippen LogP contribution >= 0.6 is 0 Å². The van der Waals surface area contributed by atoms with Gasteiger partial charge < -0.3 is 9.53 Å². The molecule has 2 heteroatoms. The predicted octanol–water partition coefficient (Wildman–Crippen LogP) is 2.95. The Hall–Kier alpha value is -1.05. The van der Waals surface area contributed by atoms with Crippen molar-refractivity contribution in [3.8, 4) is 0 Å². The molecule has 0 amide bonds. The fraction of sp³-hybridized carbons (Fsp3) is 0.545. The Morgan fingerprint density at radius 1 is 1.38 bits per heavy atom. The van der Waals surface area contributed by atoms with Crippen molar-refractivity contribution in [3.63, 3.8) is 0 Å². The molecular formula is C11H20O2. The summed E-state index contributed by atoms with van der Waals surface area (Å²) < 4.78 is 5.14. The maximum Gasteiger partial charge on any atom is 0.116 e. The van der Waals surface area contributed by atoms with Gasteiger partial charge in [-0.3, -0.25) is 0 Å². The molecule has 13 heavy (non-hydrogen) atoms. The average molecular weight is 184 g/mol. The van der Waals surface area contributed by atoms with Crippen LogP contribution in [-0.4, -0.2) is 13.4 Å². The highest BCUT2D eigenvalue weighted by molar-refractivity contribution is 5.44. The molecule has 0 saturated heterocycles. The van der Waals surface area contributed by atoms with Crippen molar-refractivity contribution in [1.82, 2.24) is 0 Å². The maximum atomic E-state index is 8.81. The predicted molar refractivity (Wildman–Crippen MR) is 56.5 cm³/mol. The molecule has 0 aromatic heterocycles. The van der Waals surface area contributed by atoms with Crippen LogP contribution in [0.25, 0.3) is 0 Å². The van der Waals surface area contributed by atoms with Crippen LogP contribution in [0, 0.1) is 5.41 Å². The van der Waals surface area contributed by atoms with Crippen LogP contribution in [0.1, 0.15) is 27.7 Å². The number of carbonyl (C=O) groups is 1. The van der Waals surface area contributed by atoms with Crippen molar-refractivity contribution in [2.24, 2.45) is 5.41 Å². The van der Waals surface area contributed by atoms with Gasteiger partial charge in [-0.25, -0.2) is 0 Å². The fourth-order valence-corrected chi connectivity index (χ4v) is 0.731. The molecule has 0 spiro atoms. The van der Waals surface area contributed by atoms with Gasteiger partial charge in [-0.05, 0) is 13.0 Å². The summed E-state index contributed by atoms with van der Waals surface area (Å²) in [4.78, 5) is 8.81. The zero-order valence-corrected chi connectivity index (χ0v) is 9.26. The molecule has 0 heterocycles. The van der Waals surface area contributed by atoms with Crippen LogP contribution in [0.3, 0.4) is 0 Å². The molecule has 0 N–H and O–H groups in total. The summed E-state index contributed by atoms with van der Waals surface area (Å²) in [7, 11) is 1.68. The Kier molecular flexibility index (Phi) is 8.45. The first-order valence-electron chi connectivity index (χ1n) is 4.21. The molecule has 0 rings (SSSR count). The second-order valence-corrected chi connectivity index (χ2v) is 3.46. The van der Waals surface area contributed by atoms with Gasteiger partial charge >= 0.3 is 0 Å². The zero-order valence-electron chi connectivity index (χ0n) is 9.26. The van der Waals surface area contributed by atoms with E-state index in [1.807, 2.05) is 6.08 Å². The van der Waals surface area contributed by atoms with Gasteiger partial charge in [0.05, 0.1) is 7.11 Å². The van der Waals surface area contributed by atoms with E-state index in [4.69, 9.17) is 9.53 Å². The van der Waals surface area contributed by atoms with Gasteiger partial charge in [0.15, 0.2) is 0 Å². The van der Waals surface area contributed by atoms with E-state index in [0.717, 1.165) is 12.0 Å². The Morgan fingerprint density at radius 3 is 1.85 bits per heavy atom. The molecule has 76 valence electrons. The number of methoxy groups -OCH3 is 1. The Morgan fingerprint density at radius 2 is 1.77 bits per heavy atom. The van der Waals surface area contributed by atoms with Gasteiger partial charge in [0.2, 0.25) is 0 Å². The first kappa shape index (κ1) is 14.5. The summed E-state index contributed by atoms with van der Waals surface area (Å²) in [6.45, 7) is 11.4. The van der Waals surface area contributed by atoms with E-state index in [1.165, 1.54) is 6.92 Å². The Bertz CT molecular complexity index is 173. The molecule has 0 atom stereocenters. The number of ether oxygens (including phenoxy) is 1. The van der Waals surface area contributed by atoms with Gasteiger partial charge in [0.1, 0.15) is 12.0 Å². The summed E-state index contributed by atoms with van der Waals surface area (Å²) in [5, 5.41) is 0. The molecule has 0 aromatic rings. The molecule has 0 aliphatic carbocycles. The minimum atomic E-state index is 0.0862. The lowest BCUT2D eigenvalue weighted by atomic mass is 9.93. The minimum absolute atomic E-state index is 0.0862. The minimum Gasteiger partial charge on any atom is -0.501 e. The zero-order chi connectivity index (χ0) is 10.9.